The van der Waals surface area contributed by atoms with Crippen molar-refractivity contribution in [2.45, 2.75) is 26.8 Å². The second-order valence-electron chi connectivity index (χ2n) is 7.14. The van der Waals surface area contributed by atoms with E-state index in [0.29, 0.717) is 18.9 Å². The van der Waals surface area contributed by atoms with E-state index in [1.165, 1.54) is 12.4 Å². The molecule has 0 spiro atoms. The summed E-state index contributed by atoms with van der Waals surface area (Å²) < 4.78 is 7.99. The van der Waals surface area contributed by atoms with Crippen molar-refractivity contribution in [3.63, 3.8) is 0 Å². The second kappa shape index (κ2) is 12.9. The number of carbonyl (C=O) groups is 1. The van der Waals surface area contributed by atoms with Crippen LogP contribution in [0.2, 0.25) is 0 Å². The first kappa shape index (κ1) is 25.4. The number of guanidine groups is 1. The van der Waals surface area contributed by atoms with Crippen LogP contribution in [0, 0.1) is 6.92 Å². The molecule has 0 atom stereocenters. The first-order valence-corrected chi connectivity index (χ1v) is 10.4. The van der Waals surface area contributed by atoms with Gasteiger partial charge < -0.3 is 25.3 Å². The van der Waals surface area contributed by atoms with Gasteiger partial charge in [-0.25, -0.2) is 4.98 Å². The lowest BCUT2D eigenvalue weighted by Crippen LogP contribution is -2.39. The summed E-state index contributed by atoms with van der Waals surface area (Å²) in [7, 11) is 1.75. The summed E-state index contributed by atoms with van der Waals surface area (Å²) in [6.07, 6.45) is 0.953. The molecule has 3 N–H and O–H groups in total. The van der Waals surface area contributed by atoms with Crippen LogP contribution in [0.3, 0.4) is 0 Å². The standard InChI is InChI=1S/C23H30N6O2.HI/c1-17-27-21-10-4-5-11-22(21)29(17)14-7-12-25-23(24-3)26-13-15-31-20-9-6-8-19(16-20)28-18(2)30;/h4-6,8-11,16H,7,12-15H2,1-3H3,(H,28,30)(H2,24,25,26);1H. The van der Waals surface area contributed by atoms with Crippen molar-refractivity contribution in [2.24, 2.45) is 4.99 Å². The van der Waals surface area contributed by atoms with Crippen molar-refractivity contribution in [3.8, 4) is 5.75 Å². The molecule has 9 heteroatoms. The van der Waals surface area contributed by atoms with Gasteiger partial charge in [-0.3, -0.25) is 9.79 Å². The van der Waals surface area contributed by atoms with Crippen LogP contribution in [-0.4, -0.2) is 48.2 Å². The minimum atomic E-state index is -0.106. The van der Waals surface area contributed by atoms with E-state index < -0.39 is 0 Å². The zero-order chi connectivity index (χ0) is 22.1. The highest BCUT2D eigenvalue weighted by atomic mass is 127. The molecule has 1 heterocycles. The minimum absolute atomic E-state index is 0. The molecule has 32 heavy (non-hydrogen) atoms. The molecular formula is C23H31IN6O2. The van der Waals surface area contributed by atoms with E-state index in [2.05, 4.69) is 36.6 Å². The molecule has 0 aliphatic heterocycles. The number of amides is 1. The number of nitrogens with zero attached hydrogens (tertiary/aromatic N) is 3. The molecule has 0 saturated heterocycles. The van der Waals surface area contributed by atoms with Crippen LogP contribution in [0.25, 0.3) is 11.0 Å². The molecule has 1 amide bonds. The van der Waals surface area contributed by atoms with Gasteiger partial charge in [-0.1, -0.05) is 18.2 Å². The van der Waals surface area contributed by atoms with Crippen LogP contribution in [0.1, 0.15) is 19.2 Å². The Bertz CT molecular complexity index is 1050. The third-order valence-corrected chi connectivity index (χ3v) is 4.74. The van der Waals surface area contributed by atoms with Gasteiger partial charge in [0.05, 0.1) is 17.6 Å². The lowest BCUT2D eigenvalue weighted by Gasteiger charge is -2.13. The average molecular weight is 550 g/mol. The zero-order valence-corrected chi connectivity index (χ0v) is 21.1. The SMILES string of the molecule is CN=C(NCCCn1c(C)nc2ccccc21)NCCOc1cccc(NC(C)=O)c1.I. The molecule has 0 fully saturated rings. The summed E-state index contributed by atoms with van der Waals surface area (Å²) in [5.41, 5.74) is 2.92. The number of anilines is 1. The number of rotatable bonds is 9. The number of hydrogen-bond donors (Lipinski definition) is 3. The van der Waals surface area contributed by atoms with E-state index in [0.717, 1.165) is 42.5 Å². The van der Waals surface area contributed by atoms with Crippen molar-refractivity contribution >= 4 is 52.6 Å². The molecule has 2 aromatic carbocycles. The number of carbonyl (C=O) groups excluding carboxylic acids is 1. The molecule has 0 aliphatic carbocycles. The quantitative estimate of drug-likeness (QED) is 0.164. The maximum atomic E-state index is 11.2. The van der Waals surface area contributed by atoms with Gasteiger partial charge in [0.2, 0.25) is 5.91 Å². The molecule has 0 radical (unpaired) electrons. The Morgan fingerprint density at radius 2 is 1.91 bits per heavy atom. The van der Waals surface area contributed by atoms with E-state index in [1.807, 2.05) is 43.3 Å². The number of aliphatic imine (C=N–C) groups is 1. The summed E-state index contributed by atoms with van der Waals surface area (Å²) in [6.45, 7) is 6.30. The molecule has 3 rings (SSSR count). The third-order valence-electron chi connectivity index (χ3n) is 4.74. The van der Waals surface area contributed by atoms with Crippen molar-refractivity contribution in [1.29, 1.82) is 0 Å². The molecule has 172 valence electrons. The fourth-order valence-electron chi connectivity index (χ4n) is 3.35. The lowest BCUT2D eigenvalue weighted by atomic mass is 10.3. The Morgan fingerprint density at radius 1 is 1.12 bits per heavy atom. The molecule has 1 aromatic heterocycles. The van der Waals surface area contributed by atoms with E-state index >= 15 is 0 Å². The van der Waals surface area contributed by atoms with Gasteiger partial charge in [-0.2, -0.15) is 0 Å². The van der Waals surface area contributed by atoms with Crippen molar-refractivity contribution < 1.29 is 9.53 Å². The number of hydrogen-bond acceptors (Lipinski definition) is 4. The highest BCUT2D eigenvalue weighted by Crippen LogP contribution is 2.17. The molecule has 3 aromatic rings. The maximum Gasteiger partial charge on any atom is 0.221 e. The van der Waals surface area contributed by atoms with Crippen LogP contribution in [0.5, 0.6) is 5.75 Å². The van der Waals surface area contributed by atoms with Crippen LogP contribution >= 0.6 is 24.0 Å². The molecule has 0 aliphatic rings. The predicted molar refractivity (Wildman–Crippen MR) is 140 cm³/mol. The van der Waals surface area contributed by atoms with Gasteiger partial charge >= 0.3 is 0 Å². The van der Waals surface area contributed by atoms with Crippen LogP contribution < -0.4 is 20.7 Å². The Labute approximate surface area is 205 Å². The van der Waals surface area contributed by atoms with E-state index in [-0.39, 0.29) is 29.9 Å². The average Bonchev–Trinajstić information content (AvgIpc) is 3.07. The summed E-state index contributed by atoms with van der Waals surface area (Å²) in [5, 5.41) is 9.32. The number of para-hydroxylation sites is 2. The van der Waals surface area contributed by atoms with E-state index in [4.69, 9.17) is 4.74 Å². The predicted octanol–water partition coefficient (Wildman–Crippen LogP) is 3.56. The smallest absolute Gasteiger partial charge is 0.221 e. The first-order valence-electron chi connectivity index (χ1n) is 10.4. The van der Waals surface area contributed by atoms with E-state index in [9.17, 15) is 4.79 Å². The molecule has 8 nitrogen and oxygen atoms in total. The highest BCUT2D eigenvalue weighted by Gasteiger charge is 2.06. The van der Waals surface area contributed by atoms with Crippen LogP contribution in [0.4, 0.5) is 5.69 Å². The molecule has 0 saturated carbocycles. The Kier molecular flexibility index (Phi) is 10.3. The van der Waals surface area contributed by atoms with Crippen molar-refractivity contribution in [2.75, 3.05) is 32.1 Å². The van der Waals surface area contributed by atoms with Gasteiger partial charge in [0.15, 0.2) is 5.96 Å². The zero-order valence-electron chi connectivity index (χ0n) is 18.7. The van der Waals surface area contributed by atoms with Gasteiger partial charge in [-0.15, -0.1) is 24.0 Å². The van der Waals surface area contributed by atoms with Gasteiger partial charge in [0, 0.05) is 38.8 Å². The van der Waals surface area contributed by atoms with Gasteiger partial charge in [0.1, 0.15) is 18.2 Å². The number of benzene rings is 2. The number of fused-ring (bicyclic) bond motifs is 1. The van der Waals surface area contributed by atoms with Crippen LogP contribution in [-0.2, 0) is 11.3 Å². The number of halogens is 1. The molecule has 0 unspecified atom stereocenters. The summed E-state index contributed by atoms with van der Waals surface area (Å²) >= 11 is 0. The van der Waals surface area contributed by atoms with E-state index in [1.54, 1.807) is 13.1 Å². The van der Waals surface area contributed by atoms with Crippen molar-refractivity contribution in [1.82, 2.24) is 20.2 Å². The monoisotopic (exact) mass is 550 g/mol. The first-order chi connectivity index (χ1) is 15.1. The second-order valence-corrected chi connectivity index (χ2v) is 7.14. The summed E-state index contributed by atoms with van der Waals surface area (Å²) in [6, 6.07) is 15.5. The summed E-state index contributed by atoms with van der Waals surface area (Å²) in [4.78, 5) is 20.0. The number of aryl methyl sites for hydroxylation is 2. The highest BCUT2D eigenvalue weighted by molar-refractivity contribution is 14.0. The van der Waals surface area contributed by atoms with Crippen LogP contribution in [0.15, 0.2) is 53.5 Å². The number of aromatic nitrogens is 2. The Balaban J connectivity index is 0.00000363. The number of nitrogens with one attached hydrogen (secondary N) is 3. The maximum absolute atomic E-state index is 11.2. The lowest BCUT2D eigenvalue weighted by molar-refractivity contribution is -0.114. The fourth-order valence-corrected chi connectivity index (χ4v) is 3.35. The van der Waals surface area contributed by atoms with Gasteiger partial charge in [-0.05, 0) is 37.6 Å². The molecular weight excluding hydrogens is 519 g/mol. The van der Waals surface area contributed by atoms with Gasteiger partial charge in [0.25, 0.3) is 0 Å². The Morgan fingerprint density at radius 3 is 2.69 bits per heavy atom. The fraction of sp³-hybridized carbons (Fsp3) is 0.348. The summed E-state index contributed by atoms with van der Waals surface area (Å²) in [5.74, 6) is 2.37. The molecule has 0 bridgehead atoms. The number of ether oxygens (including phenoxy) is 1. The minimum Gasteiger partial charge on any atom is -0.492 e. The largest absolute Gasteiger partial charge is 0.492 e. The normalized spacial score (nSPS) is 11.0. The van der Waals surface area contributed by atoms with Crippen molar-refractivity contribution in [3.05, 3.63) is 54.4 Å². The Hall–Kier alpha value is -2.82. The number of imidazole rings is 1. The third kappa shape index (κ3) is 7.40. The topological polar surface area (TPSA) is 92.6 Å².